The summed E-state index contributed by atoms with van der Waals surface area (Å²) in [7, 11) is 0. The lowest BCUT2D eigenvalue weighted by atomic mass is 10.2. The van der Waals surface area contributed by atoms with E-state index in [9.17, 15) is 18.4 Å². The molecule has 0 saturated carbocycles. The Morgan fingerprint density at radius 1 is 1.54 bits per heavy atom. The van der Waals surface area contributed by atoms with Crippen LogP contribution in [0.25, 0.3) is 0 Å². The van der Waals surface area contributed by atoms with Crippen LogP contribution in [0.4, 0.5) is 8.78 Å². The molecule has 0 aromatic carbocycles. The predicted molar refractivity (Wildman–Crippen MR) is 50.0 cm³/mol. The monoisotopic (exact) mass is 303 g/mol. The number of carbonyl (C=O) groups is 2. The van der Waals surface area contributed by atoms with Crippen LogP contribution in [0.2, 0.25) is 0 Å². The number of hydrogen-bond acceptors (Lipinski definition) is 2. The van der Waals surface area contributed by atoms with Gasteiger partial charge in [0, 0.05) is 6.42 Å². The third-order valence-electron chi connectivity index (χ3n) is 1.95. The zero-order chi connectivity index (χ0) is 10.0. The Balaban J connectivity index is 2.71. The van der Waals surface area contributed by atoms with E-state index >= 15 is 0 Å². The van der Waals surface area contributed by atoms with E-state index in [1.807, 2.05) is 0 Å². The molecule has 1 fully saturated rings. The summed E-state index contributed by atoms with van der Waals surface area (Å²) in [5.74, 6) is -0.392. The van der Waals surface area contributed by atoms with Crippen LogP contribution in [0.5, 0.6) is 0 Å². The second kappa shape index (κ2) is 4.30. The highest BCUT2D eigenvalue weighted by Crippen LogP contribution is 2.21. The van der Waals surface area contributed by atoms with Gasteiger partial charge in [-0.3, -0.25) is 9.59 Å². The average molecular weight is 303 g/mol. The van der Waals surface area contributed by atoms with E-state index in [0.29, 0.717) is 0 Å². The molecule has 0 aromatic heterocycles. The van der Waals surface area contributed by atoms with Gasteiger partial charge in [-0.15, -0.1) is 0 Å². The third-order valence-corrected chi connectivity index (χ3v) is 2.60. The van der Waals surface area contributed by atoms with Crippen LogP contribution in [0.3, 0.4) is 0 Å². The summed E-state index contributed by atoms with van der Waals surface area (Å²) in [6, 6.07) is -2.82. The molecule has 1 amide bonds. The minimum atomic E-state index is -1.63. The molecule has 0 N–H and O–H groups in total. The molecule has 6 heteroatoms. The van der Waals surface area contributed by atoms with Crippen LogP contribution < -0.4 is 0 Å². The molecule has 1 saturated heterocycles. The van der Waals surface area contributed by atoms with Crippen molar-refractivity contribution in [3.8, 4) is 0 Å². The summed E-state index contributed by atoms with van der Waals surface area (Å²) in [6.45, 7) is -0.165. The Hall–Kier alpha value is -0.270. The minimum Gasteiger partial charge on any atom is -0.326 e. The van der Waals surface area contributed by atoms with E-state index in [4.69, 9.17) is 0 Å². The molecule has 0 aromatic rings. The Morgan fingerprint density at radius 2 is 2.15 bits per heavy atom. The first-order valence-corrected chi connectivity index (χ1v) is 5.27. The van der Waals surface area contributed by atoms with E-state index in [-0.39, 0.29) is 17.4 Å². The molecule has 2 atom stereocenters. The summed E-state index contributed by atoms with van der Waals surface area (Å²) >= 11 is 1.80. The first-order valence-electron chi connectivity index (χ1n) is 3.75. The van der Waals surface area contributed by atoms with Crippen molar-refractivity contribution in [3.05, 3.63) is 0 Å². The van der Waals surface area contributed by atoms with Gasteiger partial charge in [0.1, 0.15) is 12.2 Å². The largest absolute Gasteiger partial charge is 0.326 e. The van der Waals surface area contributed by atoms with Crippen molar-refractivity contribution in [3.63, 3.8) is 0 Å². The number of amides is 1. The molecule has 0 aliphatic carbocycles. The summed E-state index contributed by atoms with van der Waals surface area (Å²) in [4.78, 5) is 22.5. The molecule has 13 heavy (non-hydrogen) atoms. The second-order valence-corrected chi connectivity index (χ2v) is 3.60. The van der Waals surface area contributed by atoms with E-state index in [0.717, 1.165) is 4.90 Å². The minimum absolute atomic E-state index is 0.133. The first-order chi connectivity index (χ1) is 6.06. The van der Waals surface area contributed by atoms with Gasteiger partial charge in [-0.1, -0.05) is 22.6 Å². The number of alkyl halides is 2. The van der Waals surface area contributed by atoms with Gasteiger partial charge in [-0.25, -0.2) is 4.39 Å². The zero-order valence-corrected chi connectivity index (χ0v) is 8.83. The third kappa shape index (κ3) is 2.35. The van der Waals surface area contributed by atoms with Crippen molar-refractivity contribution in [1.29, 1.82) is 0 Å². The maximum atomic E-state index is 12.8. The first kappa shape index (κ1) is 10.8. The molecular weight excluding hydrogens is 295 g/mol. The molecule has 0 spiro atoms. The van der Waals surface area contributed by atoms with E-state index in [2.05, 4.69) is 0 Å². The molecule has 3 nitrogen and oxygen atoms in total. The SMILES string of the molecule is O=C(F)C1CC(F)CN1C(=O)CI. The highest BCUT2D eigenvalue weighted by molar-refractivity contribution is 14.1. The molecule has 1 aliphatic heterocycles. The summed E-state index contributed by atoms with van der Waals surface area (Å²) < 4.78 is 25.2. The number of carbonyl (C=O) groups excluding carboxylic acids is 2. The topological polar surface area (TPSA) is 37.4 Å². The van der Waals surface area contributed by atoms with Crippen LogP contribution in [0, 0.1) is 0 Å². The fourth-order valence-electron chi connectivity index (χ4n) is 1.35. The predicted octanol–water partition coefficient (Wildman–Crippen LogP) is 0.857. The number of halogens is 3. The molecule has 74 valence electrons. The quantitative estimate of drug-likeness (QED) is 0.431. The van der Waals surface area contributed by atoms with Gasteiger partial charge in [0.2, 0.25) is 5.91 Å². The maximum absolute atomic E-state index is 12.8. The number of hydrogen-bond donors (Lipinski definition) is 0. The van der Waals surface area contributed by atoms with Crippen molar-refractivity contribution in [2.75, 3.05) is 11.0 Å². The van der Waals surface area contributed by atoms with Crippen molar-refractivity contribution in [2.45, 2.75) is 18.6 Å². The normalized spacial score (nSPS) is 27.8. The Labute approximate surface area is 87.6 Å². The summed E-state index contributed by atoms with van der Waals surface area (Å²) in [5.41, 5.74) is 0. The molecule has 0 radical (unpaired) electrons. The summed E-state index contributed by atoms with van der Waals surface area (Å²) in [6.07, 6.45) is -1.49. The molecule has 2 unspecified atom stereocenters. The van der Waals surface area contributed by atoms with Crippen molar-refractivity contribution < 1.29 is 18.4 Å². The molecule has 1 rings (SSSR count). The second-order valence-electron chi connectivity index (χ2n) is 2.83. The molecular formula is C7H8F2INO2. The van der Waals surface area contributed by atoms with Crippen LogP contribution in [-0.2, 0) is 9.59 Å². The Kier molecular flexibility index (Phi) is 3.57. The van der Waals surface area contributed by atoms with E-state index in [1.54, 1.807) is 22.6 Å². The van der Waals surface area contributed by atoms with E-state index in [1.165, 1.54) is 0 Å². The van der Waals surface area contributed by atoms with Gasteiger partial charge in [-0.05, 0) is 0 Å². The van der Waals surface area contributed by atoms with Gasteiger partial charge in [0.15, 0.2) is 0 Å². The summed E-state index contributed by atoms with van der Waals surface area (Å²) in [5, 5.41) is 0. The van der Waals surface area contributed by atoms with Crippen molar-refractivity contribution >= 4 is 34.5 Å². The Morgan fingerprint density at radius 3 is 2.62 bits per heavy atom. The van der Waals surface area contributed by atoms with Gasteiger partial charge < -0.3 is 4.90 Å². The fourth-order valence-corrected chi connectivity index (χ4v) is 1.79. The van der Waals surface area contributed by atoms with Gasteiger partial charge in [0.25, 0.3) is 0 Å². The van der Waals surface area contributed by atoms with Gasteiger partial charge in [-0.2, -0.15) is 4.39 Å². The maximum Gasteiger partial charge on any atom is 0.323 e. The van der Waals surface area contributed by atoms with Crippen molar-refractivity contribution in [1.82, 2.24) is 4.90 Å². The van der Waals surface area contributed by atoms with Crippen LogP contribution >= 0.6 is 22.6 Å². The zero-order valence-electron chi connectivity index (χ0n) is 6.67. The van der Waals surface area contributed by atoms with Gasteiger partial charge >= 0.3 is 6.04 Å². The smallest absolute Gasteiger partial charge is 0.323 e. The Bertz CT molecular complexity index is 237. The van der Waals surface area contributed by atoms with Gasteiger partial charge in [0.05, 0.1) is 11.0 Å². The lowest BCUT2D eigenvalue weighted by molar-refractivity contribution is -0.141. The highest BCUT2D eigenvalue weighted by Gasteiger charge is 2.39. The van der Waals surface area contributed by atoms with Crippen LogP contribution in [0.15, 0.2) is 0 Å². The van der Waals surface area contributed by atoms with Crippen molar-refractivity contribution in [2.24, 2.45) is 0 Å². The van der Waals surface area contributed by atoms with Crippen LogP contribution in [-0.4, -0.2) is 40.0 Å². The average Bonchev–Trinajstić information content (AvgIpc) is 2.46. The number of nitrogens with zero attached hydrogens (tertiary/aromatic N) is 1. The number of rotatable bonds is 2. The number of likely N-dealkylation sites (tertiary alicyclic amines) is 1. The standard InChI is InChI=1S/C7H8F2INO2/c8-4-1-5(7(9)13)11(3-4)6(12)2-10/h4-5H,1-3H2. The fraction of sp³-hybridized carbons (Fsp3) is 0.714. The highest BCUT2D eigenvalue weighted by atomic mass is 127. The molecule has 1 heterocycles. The lowest BCUT2D eigenvalue weighted by Crippen LogP contribution is -2.39. The molecule has 1 aliphatic rings. The molecule has 0 bridgehead atoms. The lowest BCUT2D eigenvalue weighted by Gasteiger charge is -2.19. The van der Waals surface area contributed by atoms with E-state index < -0.39 is 24.2 Å². The van der Waals surface area contributed by atoms with Crippen LogP contribution in [0.1, 0.15) is 6.42 Å².